The van der Waals surface area contributed by atoms with Crippen molar-refractivity contribution in [1.29, 1.82) is 0 Å². The lowest BCUT2D eigenvalue weighted by molar-refractivity contribution is 0.1000. The summed E-state index contributed by atoms with van der Waals surface area (Å²) in [7, 11) is 0. The number of hydrogen-bond acceptors (Lipinski definition) is 5. The van der Waals surface area contributed by atoms with Gasteiger partial charge in [0.25, 0.3) is 5.91 Å². The number of primary amides is 1. The van der Waals surface area contributed by atoms with Crippen molar-refractivity contribution in [3.63, 3.8) is 0 Å². The largest absolute Gasteiger partial charge is 0.442 e. The normalized spacial score (nSPS) is 16.2. The van der Waals surface area contributed by atoms with Gasteiger partial charge in [-0.2, -0.15) is 4.98 Å². The fraction of sp³-hybridized carbons (Fsp3) is 0.350. The molecule has 1 atom stereocenters. The van der Waals surface area contributed by atoms with E-state index in [9.17, 15) is 13.6 Å². The van der Waals surface area contributed by atoms with Crippen LogP contribution in [0.1, 0.15) is 60.1 Å². The van der Waals surface area contributed by atoms with Crippen LogP contribution >= 0.6 is 0 Å². The Labute approximate surface area is 160 Å². The van der Waals surface area contributed by atoms with E-state index in [1.807, 2.05) is 6.92 Å². The fourth-order valence-electron chi connectivity index (χ4n) is 3.28. The average Bonchev–Trinajstić information content (AvgIpc) is 3.21. The first-order chi connectivity index (χ1) is 13.2. The van der Waals surface area contributed by atoms with Crippen LogP contribution < -0.4 is 11.1 Å². The van der Waals surface area contributed by atoms with Crippen LogP contribution in [0.4, 0.5) is 14.6 Å². The molecule has 0 saturated heterocycles. The summed E-state index contributed by atoms with van der Waals surface area (Å²) < 4.78 is 33.0. The van der Waals surface area contributed by atoms with Gasteiger partial charge in [-0.25, -0.2) is 13.8 Å². The van der Waals surface area contributed by atoms with Crippen LogP contribution in [0, 0.1) is 18.6 Å². The molecule has 4 rings (SSSR count). The van der Waals surface area contributed by atoms with Crippen LogP contribution in [-0.4, -0.2) is 21.4 Å². The first-order valence-electron chi connectivity index (χ1n) is 9.02. The summed E-state index contributed by atoms with van der Waals surface area (Å²) in [4.78, 5) is 20.9. The van der Waals surface area contributed by atoms with Gasteiger partial charge in [0.1, 0.15) is 29.0 Å². The third-order valence-electron chi connectivity index (χ3n) is 5.18. The number of aryl methyl sites for hydroxylation is 1. The summed E-state index contributed by atoms with van der Waals surface area (Å²) in [6, 6.07) is 3.31. The summed E-state index contributed by atoms with van der Waals surface area (Å²) in [5.74, 6) is -1.35. The minimum atomic E-state index is -0.670. The zero-order valence-electron chi connectivity index (χ0n) is 15.8. The molecule has 2 heterocycles. The van der Waals surface area contributed by atoms with Crippen LogP contribution in [0.5, 0.6) is 0 Å². The Hall–Kier alpha value is -3.03. The van der Waals surface area contributed by atoms with E-state index in [1.54, 1.807) is 13.8 Å². The molecule has 3 N–H and O–H groups in total. The molecule has 146 valence electrons. The van der Waals surface area contributed by atoms with E-state index in [2.05, 4.69) is 15.3 Å². The molecule has 1 amide bonds. The van der Waals surface area contributed by atoms with Crippen molar-refractivity contribution in [2.75, 3.05) is 5.32 Å². The van der Waals surface area contributed by atoms with Crippen molar-refractivity contribution in [3.8, 4) is 0 Å². The molecule has 3 aromatic rings. The molecule has 0 radical (unpaired) electrons. The van der Waals surface area contributed by atoms with E-state index in [1.165, 1.54) is 12.1 Å². The van der Waals surface area contributed by atoms with Gasteiger partial charge in [0, 0.05) is 17.5 Å². The summed E-state index contributed by atoms with van der Waals surface area (Å²) in [5, 5.41) is 3.78. The molecule has 1 aliphatic rings. The van der Waals surface area contributed by atoms with Gasteiger partial charge in [-0.1, -0.05) is 6.92 Å². The number of anilines is 1. The number of nitrogens with zero attached hydrogens (tertiary/aromatic N) is 2. The number of amides is 1. The van der Waals surface area contributed by atoms with E-state index >= 15 is 0 Å². The van der Waals surface area contributed by atoms with E-state index < -0.39 is 23.5 Å². The van der Waals surface area contributed by atoms with E-state index in [0.29, 0.717) is 28.4 Å². The second kappa shape index (κ2) is 6.25. The van der Waals surface area contributed by atoms with Gasteiger partial charge in [0.05, 0.1) is 10.9 Å². The minimum absolute atomic E-state index is 0.132. The number of halogens is 2. The van der Waals surface area contributed by atoms with Crippen LogP contribution in [0.2, 0.25) is 0 Å². The summed E-state index contributed by atoms with van der Waals surface area (Å²) in [6.45, 7) is 5.43. The Morgan fingerprint density at radius 2 is 1.89 bits per heavy atom. The molecular weight excluding hydrogens is 366 g/mol. The Kier molecular flexibility index (Phi) is 4.10. The predicted octanol–water partition coefficient (Wildman–Crippen LogP) is 4.02. The standard InChI is InChI=1S/C20H20F2N4O2/c1-9(11-6-12(21)8-13(22)7-11)17-24-18(26-20(3)4-5-20)15-14(16(23)27)10(2)28-19(15)25-17/h6-9H,4-5H2,1-3H3,(H2,23,27)(H,24,25,26). The molecule has 0 spiro atoms. The smallest absolute Gasteiger partial charge is 0.253 e. The Morgan fingerprint density at radius 1 is 1.25 bits per heavy atom. The van der Waals surface area contributed by atoms with Crippen LogP contribution in [0.15, 0.2) is 22.6 Å². The molecular formula is C20H20F2N4O2. The zero-order valence-corrected chi connectivity index (χ0v) is 15.8. The third kappa shape index (κ3) is 3.19. The molecule has 1 unspecified atom stereocenters. The molecule has 1 saturated carbocycles. The average molecular weight is 386 g/mol. The summed E-state index contributed by atoms with van der Waals surface area (Å²) in [6.07, 6.45) is 1.92. The van der Waals surface area contributed by atoms with E-state index in [0.717, 1.165) is 18.9 Å². The lowest BCUT2D eigenvalue weighted by Gasteiger charge is -2.17. The number of rotatable bonds is 5. The van der Waals surface area contributed by atoms with Crippen molar-refractivity contribution < 1.29 is 18.0 Å². The molecule has 1 fully saturated rings. The molecule has 0 aliphatic heterocycles. The number of nitrogens with two attached hydrogens (primary N) is 1. The lowest BCUT2D eigenvalue weighted by Crippen LogP contribution is -2.20. The van der Waals surface area contributed by atoms with Gasteiger partial charge in [-0.3, -0.25) is 4.79 Å². The van der Waals surface area contributed by atoms with Crippen molar-refractivity contribution in [2.24, 2.45) is 5.73 Å². The molecule has 1 aliphatic carbocycles. The molecule has 1 aromatic carbocycles. The van der Waals surface area contributed by atoms with E-state index in [4.69, 9.17) is 10.2 Å². The maximum absolute atomic E-state index is 13.6. The number of hydrogen-bond donors (Lipinski definition) is 2. The predicted molar refractivity (Wildman–Crippen MR) is 100 cm³/mol. The quantitative estimate of drug-likeness (QED) is 0.691. The number of aromatic nitrogens is 2. The number of nitrogens with one attached hydrogen (secondary N) is 1. The topological polar surface area (TPSA) is 94.0 Å². The van der Waals surface area contributed by atoms with Gasteiger partial charge in [0.2, 0.25) is 5.71 Å². The monoisotopic (exact) mass is 386 g/mol. The van der Waals surface area contributed by atoms with Crippen molar-refractivity contribution in [1.82, 2.24) is 9.97 Å². The van der Waals surface area contributed by atoms with E-state index in [-0.39, 0.29) is 16.8 Å². The van der Waals surface area contributed by atoms with Crippen LogP contribution in [-0.2, 0) is 0 Å². The Bertz CT molecular complexity index is 1090. The zero-order chi connectivity index (χ0) is 20.2. The highest BCUT2D eigenvalue weighted by molar-refractivity contribution is 6.09. The molecule has 2 aromatic heterocycles. The summed E-state index contributed by atoms with van der Waals surface area (Å²) >= 11 is 0. The highest BCUT2D eigenvalue weighted by Gasteiger charge is 2.39. The number of fused-ring (bicyclic) bond motifs is 1. The Morgan fingerprint density at radius 3 is 2.46 bits per heavy atom. The summed E-state index contributed by atoms with van der Waals surface area (Å²) in [5.41, 5.74) is 6.25. The van der Waals surface area contributed by atoms with Crippen molar-refractivity contribution in [2.45, 2.75) is 45.1 Å². The molecule has 0 bridgehead atoms. The first kappa shape index (κ1) is 18.3. The maximum atomic E-state index is 13.6. The number of carbonyl (C=O) groups excluding carboxylic acids is 1. The minimum Gasteiger partial charge on any atom is -0.442 e. The lowest BCUT2D eigenvalue weighted by atomic mass is 10.00. The fourth-order valence-corrected chi connectivity index (χ4v) is 3.28. The molecule has 6 nitrogen and oxygen atoms in total. The number of carbonyl (C=O) groups is 1. The highest BCUT2D eigenvalue weighted by Crippen LogP contribution is 2.41. The van der Waals surface area contributed by atoms with Crippen molar-refractivity contribution >= 4 is 22.8 Å². The first-order valence-corrected chi connectivity index (χ1v) is 9.02. The van der Waals surface area contributed by atoms with Gasteiger partial charge in [-0.15, -0.1) is 0 Å². The Balaban J connectivity index is 1.89. The molecule has 28 heavy (non-hydrogen) atoms. The number of benzene rings is 1. The van der Waals surface area contributed by atoms with Gasteiger partial charge in [-0.05, 0) is 44.4 Å². The van der Waals surface area contributed by atoms with Crippen molar-refractivity contribution in [3.05, 3.63) is 52.5 Å². The van der Waals surface area contributed by atoms with Crippen LogP contribution in [0.25, 0.3) is 11.1 Å². The second-order valence-corrected chi connectivity index (χ2v) is 7.62. The van der Waals surface area contributed by atoms with Gasteiger partial charge < -0.3 is 15.5 Å². The van der Waals surface area contributed by atoms with Crippen LogP contribution in [0.3, 0.4) is 0 Å². The van der Waals surface area contributed by atoms with Gasteiger partial charge in [0.15, 0.2) is 0 Å². The number of furan rings is 1. The molecule has 8 heteroatoms. The second-order valence-electron chi connectivity index (χ2n) is 7.62. The highest BCUT2D eigenvalue weighted by atomic mass is 19.1. The van der Waals surface area contributed by atoms with Gasteiger partial charge >= 0.3 is 0 Å². The third-order valence-corrected chi connectivity index (χ3v) is 5.18. The maximum Gasteiger partial charge on any atom is 0.253 e. The SMILES string of the molecule is Cc1oc2nc(C(C)c3cc(F)cc(F)c3)nc(NC3(C)CC3)c2c1C(N)=O.